The molecule has 0 saturated heterocycles. The molecule has 3 nitrogen and oxygen atoms in total. The molecule has 0 unspecified atom stereocenters. The highest BCUT2D eigenvalue weighted by Gasteiger charge is 2.12. The Morgan fingerprint density at radius 3 is 2.58 bits per heavy atom. The molecule has 1 N–H and O–H groups in total. The first kappa shape index (κ1) is 16.3. The summed E-state index contributed by atoms with van der Waals surface area (Å²) in [5, 5.41) is 3.47. The number of rotatable bonds is 7. The Labute approximate surface area is 117 Å². The Balaban J connectivity index is 2.41. The lowest BCUT2D eigenvalue weighted by Gasteiger charge is -2.20. The Bertz CT molecular complexity index is 375. The third-order valence-corrected chi connectivity index (χ3v) is 2.96. The van der Waals surface area contributed by atoms with Gasteiger partial charge < -0.3 is 14.5 Å². The monoisotopic (exact) mass is 267 g/mol. The lowest BCUT2D eigenvalue weighted by Crippen LogP contribution is -2.35. The minimum atomic E-state index is 0.123. The first-order chi connectivity index (χ1) is 8.78. The molecule has 1 rings (SSSR count). The van der Waals surface area contributed by atoms with E-state index in [2.05, 4.69) is 46.0 Å². The van der Waals surface area contributed by atoms with E-state index in [-0.39, 0.29) is 5.54 Å². The summed E-state index contributed by atoms with van der Waals surface area (Å²) in [6.07, 6.45) is 1.10. The van der Waals surface area contributed by atoms with E-state index in [1.165, 1.54) is 5.56 Å². The van der Waals surface area contributed by atoms with E-state index in [1.54, 1.807) is 0 Å². The maximum absolute atomic E-state index is 5.72. The second-order valence-electron chi connectivity index (χ2n) is 6.63. The summed E-state index contributed by atoms with van der Waals surface area (Å²) < 4.78 is 11.4. The molecular weight excluding hydrogens is 238 g/mol. The van der Waals surface area contributed by atoms with Crippen LogP contribution in [0.2, 0.25) is 0 Å². The largest absolute Gasteiger partial charge is 0.464 e. The molecule has 0 fully saturated rings. The fourth-order valence-electron chi connectivity index (χ4n) is 1.69. The number of nitrogens with one attached hydrogen (secondary N) is 1. The van der Waals surface area contributed by atoms with Crippen molar-refractivity contribution in [2.75, 3.05) is 6.61 Å². The fourth-order valence-corrected chi connectivity index (χ4v) is 1.69. The molecule has 1 aromatic rings. The van der Waals surface area contributed by atoms with Gasteiger partial charge in [0.1, 0.15) is 18.1 Å². The van der Waals surface area contributed by atoms with Crippen LogP contribution in [0.1, 0.15) is 58.1 Å². The maximum Gasteiger partial charge on any atom is 0.130 e. The molecule has 0 aliphatic rings. The third-order valence-electron chi connectivity index (χ3n) is 2.96. The number of hydrogen-bond acceptors (Lipinski definition) is 3. The first-order valence-corrected chi connectivity index (χ1v) is 7.19. The molecule has 1 heterocycles. The molecule has 0 saturated carbocycles. The van der Waals surface area contributed by atoms with E-state index in [4.69, 9.17) is 9.15 Å². The van der Waals surface area contributed by atoms with Gasteiger partial charge in [-0.15, -0.1) is 0 Å². The number of aryl methyl sites for hydroxylation is 1. The van der Waals surface area contributed by atoms with Crippen molar-refractivity contribution < 1.29 is 9.15 Å². The van der Waals surface area contributed by atoms with Gasteiger partial charge in [-0.05, 0) is 46.1 Å². The highest BCUT2D eigenvalue weighted by Crippen LogP contribution is 2.16. The van der Waals surface area contributed by atoms with E-state index in [9.17, 15) is 0 Å². The van der Waals surface area contributed by atoms with E-state index in [0.29, 0.717) is 12.5 Å². The van der Waals surface area contributed by atoms with Crippen LogP contribution in [-0.4, -0.2) is 12.1 Å². The minimum absolute atomic E-state index is 0.123. The standard InChI is InChI=1S/C16H29NO2/c1-12(2)7-8-18-11-15-9-14(13(3)19-15)10-17-16(4,5)6/h9,12,17H,7-8,10-11H2,1-6H3. The van der Waals surface area contributed by atoms with Crippen molar-refractivity contribution in [3.63, 3.8) is 0 Å². The molecule has 0 aliphatic heterocycles. The molecule has 0 amide bonds. The Hall–Kier alpha value is -0.800. The summed E-state index contributed by atoms with van der Waals surface area (Å²) in [6.45, 7) is 15.1. The molecular formula is C16H29NO2. The number of hydrogen-bond donors (Lipinski definition) is 1. The average molecular weight is 267 g/mol. The smallest absolute Gasteiger partial charge is 0.130 e. The minimum Gasteiger partial charge on any atom is -0.464 e. The van der Waals surface area contributed by atoms with Crippen LogP contribution in [0, 0.1) is 12.8 Å². The lowest BCUT2D eigenvalue weighted by atomic mass is 10.1. The zero-order chi connectivity index (χ0) is 14.5. The Kier molecular flexibility index (Phi) is 6.08. The van der Waals surface area contributed by atoms with Gasteiger partial charge in [0.05, 0.1) is 0 Å². The van der Waals surface area contributed by atoms with Crippen molar-refractivity contribution in [3.8, 4) is 0 Å². The second-order valence-corrected chi connectivity index (χ2v) is 6.63. The van der Waals surface area contributed by atoms with E-state index < -0.39 is 0 Å². The zero-order valence-corrected chi connectivity index (χ0v) is 13.3. The van der Waals surface area contributed by atoms with E-state index >= 15 is 0 Å². The van der Waals surface area contributed by atoms with Crippen molar-refractivity contribution in [3.05, 3.63) is 23.2 Å². The normalized spacial score (nSPS) is 12.4. The lowest BCUT2D eigenvalue weighted by molar-refractivity contribution is 0.0964. The Morgan fingerprint density at radius 1 is 1.32 bits per heavy atom. The highest BCUT2D eigenvalue weighted by atomic mass is 16.5. The van der Waals surface area contributed by atoms with Crippen LogP contribution in [0.25, 0.3) is 0 Å². The second kappa shape index (κ2) is 7.11. The van der Waals surface area contributed by atoms with Gasteiger partial charge in [-0.1, -0.05) is 13.8 Å². The van der Waals surface area contributed by atoms with E-state index in [1.807, 2.05) is 6.92 Å². The van der Waals surface area contributed by atoms with Crippen molar-refractivity contribution >= 4 is 0 Å². The Morgan fingerprint density at radius 2 is 2.00 bits per heavy atom. The summed E-state index contributed by atoms with van der Waals surface area (Å²) in [4.78, 5) is 0. The summed E-state index contributed by atoms with van der Waals surface area (Å²) in [6, 6.07) is 2.10. The summed E-state index contributed by atoms with van der Waals surface area (Å²) >= 11 is 0. The molecule has 0 aliphatic carbocycles. The molecule has 19 heavy (non-hydrogen) atoms. The van der Waals surface area contributed by atoms with Gasteiger partial charge in [-0.25, -0.2) is 0 Å². The maximum atomic E-state index is 5.72. The van der Waals surface area contributed by atoms with Crippen molar-refractivity contribution in [2.24, 2.45) is 5.92 Å². The van der Waals surface area contributed by atoms with Crippen LogP contribution in [0.3, 0.4) is 0 Å². The van der Waals surface area contributed by atoms with Crippen molar-refractivity contribution in [1.29, 1.82) is 0 Å². The van der Waals surface area contributed by atoms with Crippen LogP contribution >= 0.6 is 0 Å². The van der Waals surface area contributed by atoms with Crippen LogP contribution in [0.4, 0.5) is 0 Å². The molecule has 0 atom stereocenters. The summed E-state index contributed by atoms with van der Waals surface area (Å²) in [5.41, 5.74) is 1.34. The summed E-state index contributed by atoms with van der Waals surface area (Å²) in [5.74, 6) is 2.59. The average Bonchev–Trinajstić information content (AvgIpc) is 2.61. The summed E-state index contributed by atoms with van der Waals surface area (Å²) in [7, 11) is 0. The SMILES string of the molecule is Cc1oc(COCCC(C)C)cc1CNC(C)(C)C. The fraction of sp³-hybridized carbons (Fsp3) is 0.750. The molecule has 1 aromatic heterocycles. The molecule has 0 aromatic carbocycles. The zero-order valence-electron chi connectivity index (χ0n) is 13.3. The van der Waals surface area contributed by atoms with Crippen LogP contribution in [-0.2, 0) is 17.9 Å². The van der Waals surface area contributed by atoms with Gasteiger partial charge in [0.15, 0.2) is 0 Å². The first-order valence-electron chi connectivity index (χ1n) is 7.19. The molecule has 0 spiro atoms. The number of furan rings is 1. The van der Waals surface area contributed by atoms with Crippen LogP contribution in [0.5, 0.6) is 0 Å². The quantitative estimate of drug-likeness (QED) is 0.757. The van der Waals surface area contributed by atoms with Crippen LogP contribution < -0.4 is 5.32 Å². The van der Waals surface area contributed by atoms with Gasteiger partial charge in [0.2, 0.25) is 0 Å². The predicted molar refractivity (Wildman–Crippen MR) is 79.1 cm³/mol. The van der Waals surface area contributed by atoms with Gasteiger partial charge in [-0.3, -0.25) is 0 Å². The molecule has 110 valence electrons. The molecule has 3 heteroatoms. The molecule has 0 bridgehead atoms. The van der Waals surface area contributed by atoms with Crippen molar-refractivity contribution in [2.45, 2.75) is 66.7 Å². The van der Waals surface area contributed by atoms with Crippen LogP contribution in [0.15, 0.2) is 10.5 Å². The van der Waals surface area contributed by atoms with Gasteiger partial charge in [0, 0.05) is 24.3 Å². The third kappa shape index (κ3) is 6.79. The van der Waals surface area contributed by atoms with E-state index in [0.717, 1.165) is 31.1 Å². The van der Waals surface area contributed by atoms with Crippen molar-refractivity contribution in [1.82, 2.24) is 5.32 Å². The van der Waals surface area contributed by atoms with Gasteiger partial charge >= 0.3 is 0 Å². The van der Waals surface area contributed by atoms with Gasteiger partial charge in [-0.2, -0.15) is 0 Å². The number of ether oxygens (including phenoxy) is 1. The topological polar surface area (TPSA) is 34.4 Å². The predicted octanol–water partition coefficient (Wildman–Crippen LogP) is 4.04. The highest BCUT2D eigenvalue weighted by molar-refractivity contribution is 5.20. The molecule has 0 radical (unpaired) electrons. The van der Waals surface area contributed by atoms with Gasteiger partial charge in [0.25, 0.3) is 0 Å².